The van der Waals surface area contributed by atoms with Gasteiger partial charge in [0.25, 0.3) is 0 Å². The van der Waals surface area contributed by atoms with Gasteiger partial charge < -0.3 is 15.0 Å². The van der Waals surface area contributed by atoms with Gasteiger partial charge in [0.2, 0.25) is 0 Å². The van der Waals surface area contributed by atoms with Crippen LogP contribution in [0.1, 0.15) is 30.0 Å². The molecule has 1 aromatic rings. The molecule has 1 N–H and O–H groups in total. The van der Waals surface area contributed by atoms with Crippen LogP contribution in [0.4, 0.5) is 5.82 Å². The second kappa shape index (κ2) is 5.24. The summed E-state index contributed by atoms with van der Waals surface area (Å²) in [5.41, 5.74) is 2.72. The maximum atomic E-state index is 5.38. The van der Waals surface area contributed by atoms with Crippen molar-refractivity contribution < 1.29 is 4.74 Å². The van der Waals surface area contributed by atoms with Gasteiger partial charge in [-0.25, -0.2) is 4.98 Å². The van der Waals surface area contributed by atoms with Crippen LogP contribution in [0.15, 0.2) is 12.3 Å². The van der Waals surface area contributed by atoms with E-state index in [1.54, 1.807) is 0 Å². The maximum absolute atomic E-state index is 5.38. The molecule has 1 atom stereocenters. The molecule has 4 nitrogen and oxygen atoms in total. The minimum Gasteiger partial charge on any atom is -0.378 e. The molecule has 98 valence electrons. The molecule has 3 heterocycles. The third-order valence-corrected chi connectivity index (χ3v) is 3.91. The molecule has 18 heavy (non-hydrogen) atoms. The van der Waals surface area contributed by atoms with E-state index < -0.39 is 0 Å². The Bertz CT molecular complexity index is 410. The number of hydrogen-bond acceptors (Lipinski definition) is 4. The Kier molecular flexibility index (Phi) is 3.48. The van der Waals surface area contributed by atoms with Gasteiger partial charge in [0.1, 0.15) is 5.82 Å². The first-order valence-corrected chi connectivity index (χ1v) is 6.87. The lowest BCUT2D eigenvalue weighted by atomic mass is 10.0. The lowest BCUT2D eigenvalue weighted by Gasteiger charge is -2.28. The number of rotatable bonds is 2. The van der Waals surface area contributed by atoms with Gasteiger partial charge in [-0.2, -0.15) is 0 Å². The van der Waals surface area contributed by atoms with Crippen molar-refractivity contribution in [3.63, 3.8) is 0 Å². The number of anilines is 1. The summed E-state index contributed by atoms with van der Waals surface area (Å²) < 4.78 is 5.38. The number of nitrogens with zero attached hydrogens (tertiary/aromatic N) is 2. The monoisotopic (exact) mass is 247 g/mol. The van der Waals surface area contributed by atoms with Gasteiger partial charge in [0, 0.05) is 25.3 Å². The summed E-state index contributed by atoms with van der Waals surface area (Å²) in [6.45, 7) is 6.86. The van der Waals surface area contributed by atoms with Crippen LogP contribution in [-0.2, 0) is 4.74 Å². The van der Waals surface area contributed by atoms with E-state index in [2.05, 4.69) is 34.4 Å². The highest BCUT2D eigenvalue weighted by Crippen LogP contribution is 2.27. The fraction of sp³-hybridized carbons (Fsp3) is 0.643. The van der Waals surface area contributed by atoms with Gasteiger partial charge in [-0.1, -0.05) is 0 Å². The molecule has 2 aliphatic rings. The van der Waals surface area contributed by atoms with E-state index in [-0.39, 0.29) is 0 Å². The average Bonchev–Trinajstić information content (AvgIpc) is 2.93. The van der Waals surface area contributed by atoms with Crippen molar-refractivity contribution in [1.82, 2.24) is 10.3 Å². The number of nitrogens with one attached hydrogen (secondary N) is 1. The van der Waals surface area contributed by atoms with Gasteiger partial charge in [-0.3, -0.25) is 0 Å². The lowest BCUT2D eigenvalue weighted by Crippen LogP contribution is -2.36. The minimum atomic E-state index is 0.510. The van der Waals surface area contributed by atoms with Crippen molar-refractivity contribution in [3.05, 3.63) is 23.4 Å². The van der Waals surface area contributed by atoms with Crippen LogP contribution in [0.5, 0.6) is 0 Å². The van der Waals surface area contributed by atoms with Crippen molar-refractivity contribution in [2.24, 2.45) is 0 Å². The second-order valence-electron chi connectivity index (χ2n) is 5.15. The Morgan fingerprint density at radius 3 is 2.89 bits per heavy atom. The molecule has 0 radical (unpaired) electrons. The Morgan fingerprint density at radius 1 is 1.39 bits per heavy atom. The Labute approximate surface area is 108 Å². The highest BCUT2D eigenvalue weighted by atomic mass is 16.5. The van der Waals surface area contributed by atoms with E-state index in [1.165, 1.54) is 24.0 Å². The van der Waals surface area contributed by atoms with Crippen molar-refractivity contribution in [2.75, 3.05) is 37.7 Å². The smallest absolute Gasteiger partial charge is 0.128 e. The van der Waals surface area contributed by atoms with Gasteiger partial charge in [-0.05, 0) is 43.5 Å². The predicted molar refractivity (Wildman–Crippen MR) is 72.0 cm³/mol. The summed E-state index contributed by atoms with van der Waals surface area (Å²) in [6.07, 6.45) is 4.57. The molecule has 0 aromatic carbocycles. The molecule has 0 unspecified atom stereocenters. The zero-order valence-corrected chi connectivity index (χ0v) is 11.0. The van der Waals surface area contributed by atoms with E-state index in [0.717, 1.165) is 38.7 Å². The molecule has 2 saturated heterocycles. The average molecular weight is 247 g/mol. The summed E-state index contributed by atoms with van der Waals surface area (Å²) in [5, 5.41) is 3.54. The van der Waals surface area contributed by atoms with Crippen molar-refractivity contribution in [3.8, 4) is 0 Å². The lowest BCUT2D eigenvalue weighted by molar-refractivity contribution is 0.122. The first kappa shape index (κ1) is 11.9. The number of ether oxygens (including phenoxy) is 1. The first-order valence-electron chi connectivity index (χ1n) is 6.87. The summed E-state index contributed by atoms with van der Waals surface area (Å²) >= 11 is 0. The molecule has 0 saturated carbocycles. The molecule has 3 rings (SSSR count). The molecule has 0 bridgehead atoms. The van der Waals surface area contributed by atoms with E-state index in [9.17, 15) is 0 Å². The number of pyridine rings is 1. The van der Waals surface area contributed by atoms with E-state index in [1.807, 2.05) is 0 Å². The molecule has 0 aliphatic carbocycles. The van der Waals surface area contributed by atoms with Gasteiger partial charge in [-0.15, -0.1) is 0 Å². The minimum absolute atomic E-state index is 0.510. The molecule has 1 aromatic heterocycles. The summed E-state index contributed by atoms with van der Waals surface area (Å²) in [7, 11) is 0. The quantitative estimate of drug-likeness (QED) is 0.862. The molecule has 2 fully saturated rings. The van der Waals surface area contributed by atoms with Gasteiger partial charge in [0.15, 0.2) is 0 Å². The molecule has 4 heteroatoms. The fourth-order valence-corrected chi connectivity index (χ4v) is 2.83. The number of aryl methyl sites for hydroxylation is 1. The Morgan fingerprint density at radius 2 is 2.22 bits per heavy atom. The number of aromatic nitrogens is 1. The first-order chi connectivity index (χ1) is 8.84. The van der Waals surface area contributed by atoms with Crippen molar-refractivity contribution in [1.29, 1.82) is 0 Å². The SMILES string of the molecule is Cc1cc(N2CCOCC2)ncc1[C@H]1CCCN1. The summed E-state index contributed by atoms with van der Waals surface area (Å²) in [4.78, 5) is 6.95. The van der Waals surface area contributed by atoms with Gasteiger partial charge >= 0.3 is 0 Å². The van der Waals surface area contributed by atoms with Gasteiger partial charge in [0.05, 0.1) is 13.2 Å². The second-order valence-corrected chi connectivity index (χ2v) is 5.15. The normalized spacial score (nSPS) is 24.5. The Balaban J connectivity index is 1.79. The topological polar surface area (TPSA) is 37.4 Å². The zero-order chi connectivity index (χ0) is 12.4. The predicted octanol–water partition coefficient (Wildman–Crippen LogP) is 1.65. The van der Waals surface area contributed by atoms with Crippen molar-refractivity contribution in [2.45, 2.75) is 25.8 Å². The molecule has 2 aliphatic heterocycles. The largest absolute Gasteiger partial charge is 0.378 e. The molecule has 0 amide bonds. The van der Waals surface area contributed by atoms with Crippen LogP contribution in [0, 0.1) is 6.92 Å². The highest BCUT2D eigenvalue weighted by molar-refractivity contribution is 5.44. The Hall–Kier alpha value is -1.13. The van der Waals surface area contributed by atoms with Crippen LogP contribution < -0.4 is 10.2 Å². The zero-order valence-electron chi connectivity index (χ0n) is 11.0. The highest BCUT2D eigenvalue weighted by Gasteiger charge is 2.20. The maximum Gasteiger partial charge on any atom is 0.128 e. The standard InChI is InChI=1S/C14H21N3O/c1-11-9-14(17-5-7-18-8-6-17)16-10-12(11)13-3-2-4-15-13/h9-10,13,15H,2-8H2,1H3/t13-/m1/s1. The third-order valence-electron chi connectivity index (χ3n) is 3.91. The van der Waals surface area contributed by atoms with Crippen LogP contribution >= 0.6 is 0 Å². The third kappa shape index (κ3) is 2.35. The summed E-state index contributed by atoms with van der Waals surface area (Å²) in [5.74, 6) is 1.09. The van der Waals surface area contributed by atoms with Crippen LogP contribution in [0.3, 0.4) is 0 Å². The van der Waals surface area contributed by atoms with Crippen LogP contribution in [0.25, 0.3) is 0 Å². The van der Waals surface area contributed by atoms with Crippen LogP contribution in [0.2, 0.25) is 0 Å². The summed E-state index contributed by atoms with van der Waals surface area (Å²) in [6, 6.07) is 2.73. The van der Waals surface area contributed by atoms with E-state index >= 15 is 0 Å². The van der Waals surface area contributed by atoms with E-state index in [4.69, 9.17) is 4.74 Å². The molecular weight excluding hydrogens is 226 g/mol. The number of morpholine rings is 1. The fourth-order valence-electron chi connectivity index (χ4n) is 2.83. The number of hydrogen-bond donors (Lipinski definition) is 1. The molecule has 0 spiro atoms. The molecular formula is C14H21N3O. The van der Waals surface area contributed by atoms with E-state index in [0.29, 0.717) is 6.04 Å². The van der Waals surface area contributed by atoms with Crippen LogP contribution in [-0.4, -0.2) is 37.8 Å². The van der Waals surface area contributed by atoms with Crippen molar-refractivity contribution >= 4 is 5.82 Å².